The number of pyridine rings is 1. The van der Waals surface area contributed by atoms with Crippen molar-refractivity contribution < 1.29 is 4.79 Å². The first-order chi connectivity index (χ1) is 8.16. The van der Waals surface area contributed by atoms with Gasteiger partial charge in [-0.3, -0.25) is 9.78 Å². The zero-order chi connectivity index (χ0) is 12.3. The summed E-state index contributed by atoms with van der Waals surface area (Å²) in [6, 6.07) is 8.42. The van der Waals surface area contributed by atoms with Crippen molar-refractivity contribution in [1.29, 1.82) is 0 Å². The molecule has 0 fully saturated rings. The van der Waals surface area contributed by atoms with Crippen LogP contribution in [0.2, 0.25) is 5.02 Å². The van der Waals surface area contributed by atoms with E-state index in [0.29, 0.717) is 16.3 Å². The summed E-state index contributed by atoms with van der Waals surface area (Å²) in [4.78, 5) is 15.8. The van der Waals surface area contributed by atoms with Gasteiger partial charge in [0.2, 0.25) is 0 Å². The summed E-state index contributed by atoms with van der Waals surface area (Å²) in [7, 11) is 0. The van der Waals surface area contributed by atoms with Crippen molar-refractivity contribution >= 4 is 39.1 Å². The molecule has 17 heavy (non-hydrogen) atoms. The zero-order valence-electron chi connectivity index (χ0n) is 8.65. The first kappa shape index (κ1) is 12.1. The molecule has 3 nitrogen and oxygen atoms in total. The number of amides is 1. The van der Waals surface area contributed by atoms with Crippen LogP contribution in [0.25, 0.3) is 0 Å². The van der Waals surface area contributed by atoms with E-state index in [2.05, 4.69) is 26.2 Å². The predicted octanol–water partition coefficient (Wildman–Crippen LogP) is 3.75. The van der Waals surface area contributed by atoms with E-state index in [1.165, 1.54) is 0 Å². The van der Waals surface area contributed by atoms with Crippen LogP contribution in [0.5, 0.6) is 0 Å². The number of hydrogen-bond donors (Lipinski definition) is 1. The fourth-order valence-electron chi connectivity index (χ4n) is 1.27. The molecule has 1 aromatic carbocycles. The Balaban J connectivity index is 2.17. The molecule has 1 N–H and O–H groups in total. The highest BCUT2D eigenvalue weighted by Crippen LogP contribution is 2.20. The molecular weight excluding hydrogens is 304 g/mol. The normalized spacial score (nSPS) is 10.0. The number of halogens is 2. The second-order valence-electron chi connectivity index (χ2n) is 3.32. The van der Waals surface area contributed by atoms with Gasteiger partial charge in [-0.25, -0.2) is 0 Å². The maximum Gasteiger partial charge on any atom is 0.255 e. The number of carbonyl (C=O) groups excluding carboxylic acids is 1. The van der Waals surface area contributed by atoms with Gasteiger partial charge < -0.3 is 5.32 Å². The molecule has 0 saturated heterocycles. The smallest absolute Gasteiger partial charge is 0.255 e. The molecule has 2 rings (SSSR count). The second kappa shape index (κ2) is 5.29. The van der Waals surface area contributed by atoms with Crippen LogP contribution in [0, 0.1) is 0 Å². The molecule has 5 heteroatoms. The number of carbonyl (C=O) groups is 1. The summed E-state index contributed by atoms with van der Waals surface area (Å²) in [5.74, 6) is -0.187. The number of nitrogens with one attached hydrogen (secondary N) is 1. The lowest BCUT2D eigenvalue weighted by Crippen LogP contribution is -2.12. The molecule has 0 bridgehead atoms. The van der Waals surface area contributed by atoms with Crippen molar-refractivity contribution in [2.45, 2.75) is 0 Å². The lowest BCUT2D eigenvalue weighted by Gasteiger charge is -2.06. The Kier molecular flexibility index (Phi) is 3.76. The van der Waals surface area contributed by atoms with E-state index in [9.17, 15) is 4.79 Å². The third-order valence-electron chi connectivity index (χ3n) is 2.13. The van der Waals surface area contributed by atoms with Gasteiger partial charge >= 0.3 is 0 Å². The molecule has 0 aliphatic carbocycles. The minimum absolute atomic E-state index is 0.187. The summed E-state index contributed by atoms with van der Waals surface area (Å²) >= 11 is 9.06. The largest absolute Gasteiger partial charge is 0.321 e. The van der Waals surface area contributed by atoms with E-state index in [1.807, 2.05) is 0 Å². The molecule has 0 radical (unpaired) electrons. The summed E-state index contributed by atoms with van der Waals surface area (Å²) in [6.07, 6.45) is 3.24. The van der Waals surface area contributed by atoms with Gasteiger partial charge in [-0.1, -0.05) is 11.6 Å². The Morgan fingerprint density at radius 1 is 1.24 bits per heavy atom. The van der Waals surface area contributed by atoms with E-state index >= 15 is 0 Å². The maximum atomic E-state index is 11.9. The Labute approximate surface area is 112 Å². The molecule has 0 unspecified atom stereocenters. The molecule has 1 heterocycles. The molecule has 0 spiro atoms. The van der Waals surface area contributed by atoms with Crippen LogP contribution in [0.3, 0.4) is 0 Å². The quantitative estimate of drug-likeness (QED) is 0.918. The predicted molar refractivity (Wildman–Crippen MR) is 71.3 cm³/mol. The van der Waals surface area contributed by atoms with Crippen LogP contribution in [0.1, 0.15) is 10.4 Å². The lowest BCUT2D eigenvalue weighted by molar-refractivity contribution is 0.102. The monoisotopic (exact) mass is 310 g/mol. The van der Waals surface area contributed by atoms with Gasteiger partial charge in [0.15, 0.2) is 0 Å². The molecule has 86 valence electrons. The minimum atomic E-state index is -0.187. The first-order valence-corrected chi connectivity index (χ1v) is 6.00. The Morgan fingerprint density at radius 3 is 2.59 bits per heavy atom. The molecule has 1 aromatic heterocycles. The van der Waals surface area contributed by atoms with Crippen molar-refractivity contribution in [3.05, 3.63) is 57.8 Å². The summed E-state index contributed by atoms with van der Waals surface area (Å²) in [5.41, 5.74) is 1.23. The van der Waals surface area contributed by atoms with Crippen molar-refractivity contribution in [2.75, 3.05) is 5.32 Å². The number of nitrogens with zero attached hydrogens (tertiary/aromatic N) is 1. The topological polar surface area (TPSA) is 42.0 Å². The van der Waals surface area contributed by atoms with Crippen molar-refractivity contribution in [1.82, 2.24) is 4.98 Å². The number of rotatable bonds is 2. The number of benzene rings is 1. The standard InChI is InChI=1S/C12H8BrClN2O/c13-10-7-15-6-5-11(10)16-12(17)8-1-3-9(14)4-2-8/h1-7H,(H,15,16,17). The highest BCUT2D eigenvalue weighted by molar-refractivity contribution is 9.10. The highest BCUT2D eigenvalue weighted by atomic mass is 79.9. The van der Waals surface area contributed by atoms with E-state index < -0.39 is 0 Å². The van der Waals surface area contributed by atoms with Gasteiger partial charge in [-0.2, -0.15) is 0 Å². The molecule has 0 aliphatic rings. The van der Waals surface area contributed by atoms with Gasteiger partial charge in [0.25, 0.3) is 5.91 Å². The fourth-order valence-corrected chi connectivity index (χ4v) is 1.75. The van der Waals surface area contributed by atoms with Crippen LogP contribution >= 0.6 is 27.5 Å². The van der Waals surface area contributed by atoms with Crippen LogP contribution < -0.4 is 5.32 Å². The number of anilines is 1. The van der Waals surface area contributed by atoms with Crippen LogP contribution in [0.4, 0.5) is 5.69 Å². The third-order valence-corrected chi connectivity index (χ3v) is 3.01. The second-order valence-corrected chi connectivity index (χ2v) is 4.61. The van der Waals surface area contributed by atoms with Gasteiger partial charge in [0.05, 0.1) is 10.2 Å². The maximum absolute atomic E-state index is 11.9. The van der Waals surface area contributed by atoms with Crippen LogP contribution in [-0.4, -0.2) is 10.9 Å². The Hall–Kier alpha value is -1.39. The van der Waals surface area contributed by atoms with Crippen LogP contribution in [0.15, 0.2) is 47.2 Å². The molecule has 0 aliphatic heterocycles. The Bertz CT molecular complexity index is 542. The van der Waals surface area contributed by atoms with E-state index in [4.69, 9.17) is 11.6 Å². The van der Waals surface area contributed by atoms with Gasteiger partial charge in [-0.15, -0.1) is 0 Å². The molecule has 1 amide bonds. The molecule has 0 saturated carbocycles. The highest BCUT2D eigenvalue weighted by Gasteiger charge is 2.07. The lowest BCUT2D eigenvalue weighted by atomic mass is 10.2. The fraction of sp³-hybridized carbons (Fsp3) is 0. The zero-order valence-corrected chi connectivity index (χ0v) is 11.0. The van der Waals surface area contributed by atoms with Gasteiger partial charge in [0, 0.05) is 23.0 Å². The van der Waals surface area contributed by atoms with E-state index in [-0.39, 0.29) is 5.91 Å². The molecule has 0 atom stereocenters. The van der Waals surface area contributed by atoms with Gasteiger partial charge in [-0.05, 0) is 46.3 Å². The third kappa shape index (κ3) is 3.05. The molecular formula is C12H8BrClN2O. The molecule has 2 aromatic rings. The summed E-state index contributed by atoms with van der Waals surface area (Å²) in [5, 5.41) is 3.38. The van der Waals surface area contributed by atoms with Gasteiger partial charge in [0.1, 0.15) is 0 Å². The number of hydrogen-bond acceptors (Lipinski definition) is 2. The summed E-state index contributed by atoms with van der Waals surface area (Å²) in [6.45, 7) is 0. The van der Waals surface area contributed by atoms with E-state index in [1.54, 1.807) is 42.7 Å². The Morgan fingerprint density at radius 2 is 1.94 bits per heavy atom. The van der Waals surface area contributed by atoms with Crippen LogP contribution in [-0.2, 0) is 0 Å². The summed E-state index contributed by atoms with van der Waals surface area (Å²) < 4.78 is 0.738. The van der Waals surface area contributed by atoms with Crippen molar-refractivity contribution in [3.63, 3.8) is 0 Å². The SMILES string of the molecule is O=C(Nc1ccncc1Br)c1ccc(Cl)cc1. The number of aromatic nitrogens is 1. The average molecular weight is 312 g/mol. The minimum Gasteiger partial charge on any atom is -0.321 e. The van der Waals surface area contributed by atoms with Crippen molar-refractivity contribution in [2.24, 2.45) is 0 Å². The average Bonchev–Trinajstić information content (AvgIpc) is 2.33. The first-order valence-electron chi connectivity index (χ1n) is 4.83. The van der Waals surface area contributed by atoms with E-state index in [0.717, 1.165) is 4.47 Å². The van der Waals surface area contributed by atoms with Crippen molar-refractivity contribution in [3.8, 4) is 0 Å².